The summed E-state index contributed by atoms with van der Waals surface area (Å²) in [7, 11) is 0. The van der Waals surface area contributed by atoms with Crippen LogP contribution in [0.3, 0.4) is 0 Å². The first-order valence-corrected chi connectivity index (χ1v) is 9.14. The largest absolute Gasteiger partial charge is 0.507 e. The van der Waals surface area contributed by atoms with Crippen LogP contribution in [0.15, 0.2) is 66.7 Å². The van der Waals surface area contributed by atoms with Crippen LogP contribution in [0.25, 0.3) is 10.8 Å². The molecule has 142 valence electrons. The molecule has 6 heteroatoms. The Morgan fingerprint density at radius 3 is 2.04 bits per heavy atom. The van der Waals surface area contributed by atoms with Crippen LogP contribution in [-0.2, 0) is 0 Å². The van der Waals surface area contributed by atoms with Gasteiger partial charge in [-0.25, -0.2) is 4.79 Å². The fourth-order valence-corrected chi connectivity index (χ4v) is 3.32. The first kappa shape index (κ1) is 17.9. The minimum atomic E-state index is -0.424. The van der Waals surface area contributed by atoms with Crippen LogP contribution < -0.4 is 4.74 Å². The molecule has 6 nitrogen and oxygen atoms in total. The molecule has 0 aromatic heterocycles. The van der Waals surface area contributed by atoms with Crippen molar-refractivity contribution in [3.05, 3.63) is 72.3 Å². The average Bonchev–Trinajstić information content (AvgIpc) is 2.73. The van der Waals surface area contributed by atoms with Gasteiger partial charge in [0.1, 0.15) is 11.5 Å². The van der Waals surface area contributed by atoms with Gasteiger partial charge in [-0.3, -0.25) is 4.79 Å². The van der Waals surface area contributed by atoms with Crippen LogP contribution in [0.5, 0.6) is 11.5 Å². The Hall–Kier alpha value is -3.54. The normalized spacial score (nSPS) is 14.1. The van der Waals surface area contributed by atoms with E-state index in [1.807, 2.05) is 30.3 Å². The van der Waals surface area contributed by atoms with Gasteiger partial charge in [-0.1, -0.05) is 42.5 Å². The van der Waals surface area contributed by atoms with E-state index in [0.29, 0.717) is 31.9 Å². The second-order valence-electron chi connectivity index (χ2n) is 6.68. The van der Waals surface area contributed by atoms with E-state index in [9.17, 15) is 14.7 Å². The minimum Gasteiger partial charge on any atom is -0.507 e. The Labute approximate surface area is 162 Å². The van der Waals surface area contributed by atoms with Crippen molar-refractivity contribution in [2.75, 3.05) is 26.2 Å². The summed E-state index contributed by atoms with van der Waals surface area (Å²) in [5, 5.41) is 12.1. The maximum atomic E-state index is 12.9. The lowest BCUT2D eigenvalue weighted by atomic mass is 10.0. The summed E-state index contributed by atoms with van der Waals surface area (Å²) in [6, 6.07) is 19.8. The van der Waals surface area contributed by atoms with Crippen molar-refractivity contribution in [2.45, 2.75) is 0 Å². The molecule has 1 N–H and O–H groups in total. The van der Waals surface area contributed by atoms with Gasteiger partial charge in [0, 0.05) is 26.2 Å². The zero-order valence-electron chi connectivity index (χ0n) is 15.2. The first-order valence-electron chi connectivity index (χ1n) is 9.14. The summed E-state index contributed by atoms with van der Waals surface area (Å²) in [5.74, 6) is 0.223. The highest BCUT2D eigenvalue weighted by Crippen LogP contribution is 2.26. The molecule has 0 spiro atoms. The van der Waals surface area contributed by atoms with Crippen LogP contribution in [0.4, 0.5) is 4.79 Å². The van der Waals surface area contributed by atoms with Crippen LogP contribution in [0.1, 0.15) is 10.4 Å². The molecule has 0 atom stereocenters. The molecule has 4 rings (SSSR count). The molecule has 3 aromatic rings. The number of piperazine rings is 1. The Kier molecular flexibility index (Phi) is 4.85. The number of ether oxygens (including phenoxy) is 1. The van der Waals surface area contributed by atoms with Crippen molar-refractivity contribution in [1.82, 2.24) is 9.80 Å². The number of para-hydroxylation sites is 1. The van der Waals surface area contributed by atoms with E-state index >= 15 is 0 Å². The number of hydrogen-bond donors (Lipinski definition) is 1. The minimum absolute atomic E-state index is 0.0328. The molecule has 0 bridgehead atoms. The quantitative estimate of drug-likeness (QED) is 0.743. The van der Waals surface area contributed by atoms with E-state index in [2.05, 4.69) is 0 Å². The highest BCUT2D eigenvalue weighted by Gasteiger charge is 2.27. The summed E-state index contributed by atoms with van der Waals surface area (Å²) < 4.78 is 5.35. The Bertz CT molecular complexity index is 1010. The van der Waals surface area contributed by atoms with Gasteiger partial charge in [0.05, 0.1) is 5.56 Å². The molecular weight excluding hydrogens is 356 g/mol. The standard InChI is InChI=1S/C22H20N2O4/c25-20-15-17-7-5-4-6-16(17)14-19(20)21(26)23-10-12-24(13-11-23)22(27)28-18-8-2-1-3-9-18/h1-9,14-15,25H,10-13H2. The van der Waals surface area contributed by atoms with Crippen molar-refractivity contribution in [1.29, 1.82) is 0 Å². The number of rotatable bonds is 2. The fourth-order valence-electron chi connectivity index (χ4n) is 3.32. The monoisotopic (exact) mass is 376 g/mol. The van der Waals surface area contributed by atoms with Gasteiger partial charge in [-0.15, -0.1) is 0 Å². The van der Waals surface area contributed by atoms with Crippen molar-refractivity contribution < 1.29 is 19.4 Å². The molecule has 3 aromatic carbocycles. The summed E-state index contributed by atoms with van der Waals surface area (Å²) in [5.41, 5.74) is 0.277. The van der Waals surface area contributed by atoms with Crippen molar-refractivity contribution in [2.24, 2.45) is 0 Å². The maximum absolute atomic E-state index is 12.9. The molecule has 1 saturated heterocycles. The van der Waals surface area contributed by atoms with Gasteiger partial charge in [-0.2, -0.15) is 0 Å². The molecule has 1 heterocycles. The van der Waals surface area contributed by atoms with E-state index < -0.39 is 6.09 Å². The van der Waals surface area contributed by atoms with Gasteiger partial charge < -0.3 is 19.6 Å². The smallest absolute Gasteiger partial charge is 0.415 e. The maximum Gasteiger partial charge on any atom is 0.415 e. The summed E-state index contributed by atoms with van der Waals surface area (Å²) in [4.78, 5) is 28.4. The number of hydrogen-bond acceptors (Lipinski definition) is 4. The number of phenolic OH excluding ortho intramolecular Hbond substituents is 1. The molecule has 2 amide bonds. The van der Waals surface area contributed by atoms with Crippen LogP contribution in [-0.4, -0.2) is 53.1 Å². The predicted octanol–water partition coefficient (Wildman–Crippen LogP) is 3.50. The number of amides is 2. The third kappa shape index (κ3) is 3.62. The number of phenols is 1. The molecule has 1 fully saturated rings. The summed E-state index contributed by atoms with van der Waals surface area (Å²) >= 11 is 0. The van der Waals surface area contributed by atoms with E-state index in [4.69, 9.17) is 4.74 Å². The molecular formula is C22H20N2O4. The summed E-state index contributed by atoms with van der Waals surface area (Å²) in [6.07, 6.45) is -0.424. The zero-order chi connectivity index (χ0) is 19.5. The van der Waals surface area contributed by atoms with Gasteiger partial charge in [0.25, 0.3) is 5.91 Å². The Morgan fingerprint density at radius 2 is 1.36 bits per heavy atom. The highest BCUT2D eigenvalue weighted by atomic mass is 16.6. The predicted molar refractivity (Wildman–Crippen MR) is 106 cm³/mol. The van der Waals surface area contributed by atoms with Crippen molar-refractivity contribution in [3.8, 4) is 11.5 Å². The second kappa shape index (κ2) is 7.60. The first-order chi connectivity index (χ1) is 13.6. The number of carbonyl (C=O) groups is 2. The number of fused-ring (bicyclic) bond motifs is 1. The van der Waals surface area contributed by atoms with Crippen molar-refractivity contribution in [3.63, 3.8) is 0 Å². The van der Waals surface area contributed by atoms with E-state index in [1.54, 1.807) is 46.2 Å². The van der Waals surface area contributed by atoms with Gasteiger partial charge >= 0.3 is 6.09 Å². The topological polar surface area (TPSA) is 70.1 Å². The molecule has 0 unspecified atom stereocenters. The molecule has 0 radical (unpaired) electrons. The molecule has 0 saturated carbocycles. The molecule has 1 aliphatic rings. The lowest BCUT2D eigenvalue weighted by Crippen LogP contribution is -2.51. The van der Waals surface area contributed by atoms with Crippen LogP contribution >= 0.6 is 0 Å². The lowest BCUT2D eigenvalue weighted by Gasteiger charge is -2.34. The summed E-state index contributed by atoms with van der Waals surface area (Å²) in [6.45, 7) is 1.53. The molecule has 1 aliphatic heterocycles. The Morgan fingerprint density at radius 1 is 0.786 bits per heavy atom. The average molecular weight is 376 g/mol. The van der Waals surface area contributed by atoms with Gasteiger partial charge in [0.2, 0.25) is 0 Å². The molecule has 28 heavy (non-hydrogen) atoms. The molecule has 0 aliphatic carbocycles. The Balaban J connectivity index is 1.41. The highest BCUT2D eigenvalue weighted by molar-refractivity contribution is 6.01. The van der Waals surface area contributed by atoms with Crippen LogP contribution in [0.2, 0.25) is 0 Å². The zero-order valence-corrected chi connectivity index (χ0v) is 15.2. The second-order valence-corrected chi connectivity index (χ2v) is 6.68. The van der Waals surface area contributed by atoms with Gasteiger partial charge in [0.15, 0.2) is 0 Å². The van der Waals surface area contributed by atoms with Gasteiger partial charge in [-0.05, 0) is 35.0 Å². The van der Waals surface area contributed by atoms with Crippen molar-refractivity contribution >= 4 is 22.8 Å². The van der Waals surface area contributed by atoms with E-state index in [1.165, 1.54) is 0 Å². The third-order valence-corrected chi connectivity index (χ3v) is 4.87. The number of benzene rings is 3. The number of carbonyl (C=O) groups excluding carboxylic acids is 2. The number of aromatic hydroxyl groups is 1. The number of nitrogens with zero attached hydrogens (tertiary/aromatic N) is 2. The van der Waals surface area contributed by atoms with Crippen LogP contribution in [0, 0.1) is 0 Å². The van der Waals surface area contributed by atoms with E-state index in [-0.39, 0.29) is 17.2 Å². The lowest BCUT2D eigenvalue weighted by molar-refractivity contribution is 0.0630. The van der Waals surface area contributed by atoms with E-state index in [0.717, 1.165) is 10.8 Å². The SMILES string of the molecule is O=C(Oc1ccccc1)N1CCN(C(=O)c2cc3ccccc3cc2O)CC1. The fraction of sp³-hybridized carbons (Fsp3) is 0.182. The third-order valence-electron chi connectivity index (χ3n) is 4.87.